The molecule has 0 radical (unpaired) electrons. The number of carbonyl (C=O) groups excluding carboxylic acids is 2. The summed E-state index contributed by atoms with van der Waals surface area (Å²) < 4.78 is 10.9. The van der Waals surface area contributed by atoms with Gasteiger partial charge in [0.05, 0.1) is 29.8 Å². The SMILES string of the molecule is Cc1ccc(-c2cnc(-c3ccccc3C(=O)OCC(=O)NCCC#N)o2)cc1. The first kappa shape index (κ1) is 19.8. The van der Waals surface area contributed by atoms with Crippen molar-refractivity contribution >= 4 is 11.9 Å². The zero-order valence-electron chi connectivity index (χ0n) is 15.8. The van der Waals surface area contributed by atoms with Crippen molar-refractivity contribution in [3.8, 4) is 28.8 Å². The molecule has 0 spiro atoms. The van der Waals surface area contributed by atoms with Crippen molar-refractivity contribution in [3.63, 3.8) is 0 Å². The largest absolute Gasteiger partial charge is 0.452 e. The molecule has 0 atom stereocenters. The Morgan fingerprint density at radius 1 is 1.17 bits per heavy atom. The molecule has 0 fully saturated rings. The van der Waals surface area contributed by atoms with Crippen molar-refractivity contribution in [2.24, 2.45) is 0 Å². The zero-order chi connectivity index (χ0) is 20.6. The first-order chi connectivity index (χ1) is 14.1. The van der Waals surface area contributed by atoms with Gasteiger partial charge in [-0.05, 0) is 19.1 Å². The molecular formula is C22H19N3O4. The van der Waals surface area contributed by atoms with Crippen molar-refractivity contribution in [1.82, 2.24) is 10.3 Å². The molecule has 3 rings (SSSR count). The number of hydrogen-bond donors (Lipinski definition) is 1. The minimum absolute atomic E-state index is 0.190. The lowest BCUT2D eigenvalue weighted by atomic mass is 10.1. The topological polar surface area (TPSA) is 105 Å². The first-order valence-corrected chi connectivity index (χ1v) is 9.01. The van der Waals surface area contributed by atoms with Gasteiger partial charge in [-0.2, -0.15) is 5.26 Å². The molecule has 1 amide bonds. The summed E-state index contributed by atoms with van der Waals surface area (Å²) in [7, 11) is 0. The van der Waals surface area contributed by atoms with Crippen LogP contribution in [-0.2, 0) is 9.53 Å². The zero-order valence-corrected chi connectivity index (χ0v) is 15.8. The maximum atomic E-state index is 12.5. The minimum Gasteiger partial charge on any atom is -0.452 e. The number of benzene rings is 2. The van der Waals surface area contributed by atoms with Crippen molar-refractivity contribution in [2.75, 3.05) is 13.2 Å². The summed E-state index contributed by atoms with van der Waals surface area (Å²) in [5, 5.41) is 11.0. The van der Waals surface area contributed by atoms with Gasteiger partial charge in [-0.1, -0.05) is 42.0 Å². The number of ether oxygens (including phenoxy) is 1. The van der Waals surface area contributed by atoms with Gasteiger partial charge in [-0.3, -0.25) is 4.79 Å². The summed E-state index contributed by atoms with van der Waals surface area (Å²) >= 11 is 0. The van der Waals surface area contributed by atoms with Crippen LogP contribution in [0.5, 0.6) is 0 Å². The van der Waals surface area contributed by atoms with Crippen LogP contribution in [0.25, 0.3) is 22.8 Å². The second-order valence-corrected chi connectivity index (χ2v) is 6.28. The highest BCUT2D eigenvalue weighted by Gasteiger charge is 2.19. The molecule has 0 unspecified atom stereocenters. The smallest absolute Gasteiger partial charge is 0.339 e. The molecule has 0 aliphatic rings. The predicted molar refractivity (Wildman–Crippen MR) is 106 cm³/mol. The summed E-state index contributed by atoms with van der Waals surface area (Å²) in [4.78, 5) is 28.4. The number of rotatable bonds is 7. The van der Waals surface area contributed by atoms with Crippen LogP contribution >= 0.6 is 0 Å². The van der Waals surface area contributed by atoms with E-state index >= 15 is 0 Å². The number of hydrogen-bond acceptors (Lipinski definition) is 6. The molecule has 0 saturated carbocycles. The van der Waals surface area contributed by atoms with Gasteiger partial charge < -0.3 is 14.5 Å². The third kappa shape index (κ3) is 5.08. The third-order valence-electron chi connectivity index (χ3n) is 4.11. The van der Waals surface area contributed by atoms with Crippen LogP contribution in [0.1, 0.15) is 22.3 Å². The van der Waals surface area contributed by atoms with Crippen molar-refractivity contribution in [2.45, 2.75) is 13.3 Å². The number of aromatic nitrogens is 1. The summed E-state index contributed by atoms with van der Waals surface area (Å²) in [6, 6.07) is 16.5. The Labute approximate surface area is 167 Å². The lowest BCUT2D eigenvalue weighted by molar-refractivity contribution is -0.124. The number of carbonyl (C=O) groups is 2. The van der Waals surface area contributed by atoms with E-state index < -0.39 is 18.5 Å². The van der Waals surface area contributed by atoms with Crippen LogP contribution in [0.2, 0.25) is 0 Å². The van der Waals surface area contributed by atoms with Gasteiger partial charge >= 0.3 is 5.97 Å². The summed E-state index contributed by atoms with van der Waals surface area (Å²) in [6.45, 7) is 1.78. The Kier molecular flexibility index (Phi) is 6.38. The molecule has 1 aromatic heterocycles. The Hall–Kier alpha value is -3.92. The Morgan fingerprint density at radius 3 is 2.69 bits per heavy atom. The number of aryl methyl sites for hydroxylation is 1. The van der Waals surface area contributed by atoms with E-state index in [0.29, 0.717) is 11.3 Å². The fraction of sp³-hybridized carbons (Fsp3) is 0.182. The molecular weight excluding hydrogens is 370 g/mol. The average molecular weight is 389 g/mol. The molecule has 7 heteroatoms. The second-order valence-electron chi connectivity index (χ2n) is 6.28. The van der Waals surface area contributed by atoms with Crippen LogP contribution in [-0.4, -0.2) is 30.0 Å². The summed E-state index contributed by atoms with van der Waals surface area (Å²) in [6.07, 6.45) is 1.79. The van der Waals surface area contributed by atoms with E-state index in [1.807, 2.05) is 37.3 Å². The maximum absolute atomic E-state index is 12.5. The van der Waals surface area contributed by atoms with E-state index in [0.717, 1.165) is 11.1 Å². The number of esters is 1. The molecule has 146 valence electrons. The fourth-order valence-electron chi connectivity index (χ4n) is 2.62. The van der Waals surface area contributed by atoms with E-state index in [-0.39, 0.29) is 24.4 Å². The molecule has 0 aliphatic carbocycles. The highest BCUT2D eigenvalue weighted by Crippen LogP contribution is 2.28. The van der Waals surface area contributed by atoms with Crippen molar-refractivity contribution in [1.29, 1.82) is 5.26 Å². The van der Waals surface area contributed by atoms with E-state index in [1.165, 1.54) is 0 Å². The molecule has 0 bridgehead atoms. The lowest BCUT2D eigenvalue weighted by Gasteiger charge is -2.08. The monoisotopic (exact) mass is 389 g/mol. The normalized spacial score (nSPS) is 10.2. The van der Waals surface area contributed by atoms with Gasteiger partial charge in [0, 0.05) is 12.1 Å². The quantitative estimate of drug-likeness (QED) is 0.490. The first-order valence-electron chi connectivity index (χ1n) is 9.01. The van der Waals surface area contributed by atoms with Crippen LogP contribution < -0.4 is 5.32 Å². The van der Waals surface area contributed by atoms with Gasteiger partial charge in [0.25, 0.3) is 5.91 Å². The molecule has 29 heavy (non-hydrogen) atoms. The maximum Gasteiger partial charge on any atom is 0.339 e. The number of nitrogens with one attached hydrogen (secondary N) is 1. The van der Waals surface area contributed by atoms with Crippen molar-refractivity contribution in [3.05, 3.63) is 65.9 Å². The number of oxazole rings is 1. The van der Waals surface area contributed by atoms with Crippen LogP contribution in [0.3, 0.4) is 0 Å². The van der Waals surface area contributed by atoms with Gasteiger partial charge in [0.2, 0.25) is 5.89 Å². The fourth-order valence-corrected chi connectivity index (χ4v) is 2.62. The van der Waals surface area contributed by atoms with Gasteiger partial charge in [-0.25, -0.2) is 9.78 Å². The van der Waals surface area contributed by atoms with Gasteiger partial charge in [-0.15, -0.1) is 0 Å². The molecule has 3 aromatic rings. The van der Waals surface area contributed by atoms with Crippen molar-refractivity contribution < 1.29 is 18.7 Å². The van der Waals surface area contributed by atoms with E-state index in [9.17, 15) is 9.59 Å². The number of nitrogens with zero attached hydrogens (tertiary/aromatic N) is 2. The van der Waals surface area contributed by atoms with Crippen LogP contribution in [0.15, 0.2) is 59.1 Å². The highest BCUT2D eigenvalue weighted by molar-refractivity contribution is 5.97. The molecule has 0 aliphatic heterocycles. The minimum atomic E-state index is -0.661. The van der Waals surface area contributed by atoms with Crippen LogP contribution in [0.4, 0.5) is 0 Å². The molecule has 1 heterocycles. The molecule has 0 saturated heterocycles. The van der Waals surface area contributed by atoms with E-state index in [2.05, 4.69) is 10.3 Å². The Bertz CT molecular complexity index is 1050. The molecule has 1 N–H and O–H groups in total. The Balaban J connectivity index is 1.74. The predicted octanol–water partition coefficient (Wildman–Crippen LogP) is 3.50. The standard InChI is InChI=1S/C22H19N3O4/c1-15-7-9-16(10-8-15)19-13-25-21(29-19)17-5-2-3-6-18(17)22(27)28-14-20(26)24-12-4-11-23/h2-3,5-10,13H,4,12,14H2,1H3,(H,24,26). The third-order valence-corrected chi connectivity index (χ3v) is 4.11. The average Bonchev–Trinajstić information content (AvgIpc) is 3.23. The highest BCUT2D eigenvalue weighted by atomic mass is 16.5. The summed E-state index contributed by atoms with van der Waals surface area (Å²) in [5.41, 5.74) is 2.73. The second kappa shape index (κ2) is 9.33. The van der Waals surface area contributed by atoms with Crippen LogP contribution in [0, 0.1) is 18.3 Å². The molecule has 7 nitrogen and oxygen atoms in total. The van der Waals surface area contributed by atoms with Gasteiger partial charge in [0.15, 0.2) is 12.4 Å². The van der Waals surface area contributed by atoms with E-state index in [1.54, 1.807) is 30.5 Å². The number of amides is 1. The lowest BCUT2D eigenvalue weighted by Crippen LogP contribution is -2.29. The molecule has 2 aromatic carbocycles. The van der Waals surface area contributed by atoms with E-state index in [4.69, 9.17) is 14.4 Å². The van der Waals surface area contributed by atoms with Gasteiger partial charge in [0.1, 0.15) is 0 Å². The number of nitriles is 1. The summed E-state index contributed by atoms with van der Waals surface area (Å²) in [5.74, 6) is -0.262. The Morgan fingerprint density at radius 2 is 1.93 bits per heavy atom.